The topological polar surface area (TPSA) is 59.8 Å². The van der Waals surface area contributed by atoms with Crippen molar-refractivity contribution in [2.24, 2.45) is 5.92 Å². The molecule has 2 unspecified atom stereocenters. The van der Waals surface area contributed by atoms with Crippen LogP contribution in [0.4, 0.5) is 0 Å². The molecular weight excluding hydrogens is 308 g/mol. The maximum Gasteiger partial charge on any atom is 0.223 e. The first-order valence-corrected chi connectivity index (χ1v) is 9.28. The summed E-state index contributed by atoms with van der Waals surface area (Å²) < 4.78 is 1.99. The van der Waals surface area contributed by atoms with Gasteiger partial charge in [0.2, 0.25) is 5.91 Å². The number of aromatic nitrogens is 3. The largest absolute Gasteiger partial charge is 0.359 e. The van der Waals surface area contributed by atoms with Gasteiger partial charge in [-0.1, -0.05) is 18.9 Å². The molecular formula is C17H24N4OS. The second kappa shape index (κ2) is 7.25. The minimum atomic E-state index is 0.0258. The lowest BCUT2D eigenvalue weighted by Crippen LogP contribution is -2.34. The maximum atomic E-state index is 12.2. The van der Waals surface area contributed by atoms with Crippen molar-refractivity contribution in [3.05, 3.63) is 34.0 Å². The van der Waals surface area contributed by atoms with E-state index in [1.165, 1.54) is 4.88 Å². The molecule has 1 fully saturated rings. The number of hydrogen-bond donors (Lipinski definition) is 1. The van der Waals surface area contributed by atoms with Gasteiger partial charge in [-0.3, -0.25) is 4.79 Å². The minimum Gasteiger partial charge on any atom is -0.359 e. The summed E-state index contributed by atoms with van der Waals surface area (Å²) in [7, 11) is 1.72. The SMILES string of the molecule is CCn1nc(Cc2cccs2)nc1C1CCCCC1C(=O)NC. The van der Waals surface area contributed by atoms with E-state index in [2.05, 4.69) is 34.9 Å². The normalized spacial score (nSPS) is 21.3. The molecule has 5 nitrogen and oxygen atoms in total. The average Bonchev–Trinajstić information content (AvgIpc) is 3.24. The van der Waals surface area contributed by atoms with Crippen molar-refractivity contribution >= 4 is 17.2 Å². The number of nitrogens with one attached hydrogen (secondary N) is 1. The van der Waals surface area contributed by atoms with E-state index in [4.69, 9.17) is 4.98 Å². The maximum absolute atomic E-state index is 12.2. The molecule has 2 aromatic heterocycles. The monoisotopic (exact) mass is 332 g/mol. The molecule has 1 aliphatic carbocycles. The van der Waals surface area contributed by atoms with Crippen molar-refractivity contribution in [1.29, 1.82) is 0 Å². The summed E-state index contributed by atoms with van der Waals surface area (Å²) in [6, 6.07) is 4.17. The lowest BCUT2D eigenvalue weighted by Gasteiger charge is -2.29. The van der Waals surface area contributed by atoms with Crippen molar-refractivity contribution < 1.29 is 4.79 Å². The van der Waals surface area contributed by atoms with Crippen LogP contribution in [0.5, 0.6) is 0 Å². The Morgan fingerprint density at radius 2 is 2.26 bits per heavy atom. The second-order valence-electron chi connectivity index (χ2n) is 6.07. The summed E-state index contributed by atoms with van der Waals surface area (Å²) in [4.78, 5) is 18.3. The van der Waals surface area contributed by atoms with Gasteiger partial charge in [0.1, 0.15) is 5.82 Å². The molecule has 2 aromatic rings. The van der Waals surface area contributed by atoms with Gasteiger partial charge < -0.3 is 5.32 Å². The molecule has 1 N–H and O–H groups in total. The van der Waals surface area contributed by atoms with E-state index in [0.29, 0.717) is 0 Å². The molecule has 3 rings (SSSR count). The fraction of sp³-hybridized carbons (Fsp3) is 0.588. The van der Waals surface area contributed by atoms with Crippen LogP contribution in [0.25, 0.3) is 0 Å². The van der Waals surface area contributed by atoms with Crippen LogP contribution in [-0.2, 0) is 17.8 Å². The minimum absolute atomic E-state index is 0.0258. The Balaban J connectivity index is 1.87. The number of amides is 1. The van der Waals surface area contributed by atoms with Crippen molar-refractivity contribution in [3.63, 3.8) is 0 Å². The fourth-order valence-corrected chi connectivity index (χ4v) is 4.19. The van der Waals surface area contributed by atoms with Crippen LogP contribution in [0.1, 0.15) is 55.1 Å². The third-order valence-corrected chi connectivity index (χ3v) is 5.51. The van der Waals surface area contributed by atoms with E-state index >= 15 is 0 Å². The van der Waals surface area contributed by atoms with Crippen LogP contribution < -0.4 is 5.32 Å². The van der Waals surface area contributed by atoms with E-state index in [9.17, 15) is 4.79 Å². The highest BCUT2D eigenvalue weighted by Crippen LogP contribution is 2.37. The first-order valence-electron chi connectivity index (χ1n) is 8.40. The van der Waals surface area contributed by atoms with Crippen molar-refractivity contribution in [1.82, 2.24) is 20.1 Å². The molecule has 6 heteroatoms. The molecule has 0 aliphatic heterocycles. The zero-order chi connectivity index (χ0) is 16.2. The number of aryl methyl sites for hydroxylation is 1. The van der Waals surface area contributed by atoms with Crippen molar-refractivity contribution in [2.45, 2.75) is 51.5 Å². The molecule has 0 aromatic carbocycles. The van der Waals surface area contributed by atoms with E-state index in [0.717, 1.165) is 50.3 Å². The van der Waals surface area contributed by atoms with Gasteiger partial charge in [0.15, 0.2) is 5.82 Å². The fourth-order valence-electron chi connectivity index (χ4n) is 3.49. The van der Waals surface area contributed by atoms with Gasteiger partial charge in [-0.05, 0) is 31.2 Å². The van der Waals surface area contributed by atoms with E-state index in [1.807, 2.05) is 4.68 Å². The Labute approximate surface area is 141 Å². The molecule has 124 valence electrons. The van der Waals surface area contributed by atoms with Gasteiger partial charge in [0.05, 0.1) is 0 Å². The molecule has 0 radical (unpaired) electrons. The van der Waals surface area contributed by atoms with Gasteiger partial charge in [0, 0.05) is 36.7 Å². The van der Waals surface area contributed by atoms with Crippen LogP contribution in [0.2, 0.25) is 0 Å². The number of hydrogen-bond acceptors (Lipinski definition) is 4. The Morgan fingerprint density at radius 1 is 1.43 bits per heavy atom. The smallest absolute Gasteiger partial charge is 0.223 e. The number of rotatable bonds is 5. The lowest BCUT2D eigenvalue weighted by molar-refractivity contribution is -0.126. The van der Waals surface area contributed by atoms with Crippen LogP contribution in [0.15, 0.2) is 17.5 Å². The molecule has 2 heterocycles. The van der Waals surface area contributed by atoms with Gasteiger partial charge in [0.25, 0.3) is 0 Å². The Morgan fingerprint density at radius 3 is 2.96 bits per heavy atom. The zero-order valence-electron chi connectivity index (χ0n) is 13.8. The predicted octanol–water partition coefficient (Wildman–Crippen LogP) is 2.97. The van der Waals surface area contributed by atoms with Gasteiger partial charge >= 0.3 is 0 Å². The van der Waals surface area contributed by atoms with Crippen LogP contribution >= 0.6 is 11.3 Å². The Kier molecular flexibility index (Phi) is 5.10. The summed E-state index contributed by atoms with van der Waals surface area (Å²) in [5.74, 6) is 2.21. The highest BCUT2D eigenvalue weighted by molar-refractivity contribution is 7.09. The number of carbonyl (C=O) groups excluding carboxylic acids is 1. The number of thiophene rings is 1. The summed E-state index contributed by atoms with van der Waals surface area (Å²) in [6.07, 6.45) is 5.03. The molecule has 2 atom stereocenters. The molecule has 0 bridgehead atoms. The first-order chi connectivity index (χ1) is 11.2. The predicted molar refractivity (Wildman–Crippen MR) is 91.6 cm³/mol. The third-order valence-electron chi connectivity index (χ3n) is 4.64. The summed E-state index contributed by atoms with van der Waals surface area (Å²) >= 11 is 1.73. The van der Waals surface area contributed by atoms with E-state index in [-0.39, 0.29) is 17.7 Å². The number of carbonyl (C=O) groups is 1. The molecule has 1 amide bonds. The van der Waals surface area contributed by atoms with Crippen molar-refractivity contribution in [2.75, 3.05) is 7.05 Å². The molecule has 23 heavy (non-hydrogen) atoms. The highest BCUT2D eigenvalue weighted by Gasteiger charge is 2.34. The first kappa shape index (κ1) is 16.2. The molecule has 1 aliphatic rings. The van der Waals surface area contributed by atoms with E-state index in [1.54, 1.807) is 18.4 Å². The summed E-state index contributed by atoms with van der Waals surface area (Å²) in [5, 5.41) is 9.58. The standard InChI is InChI=1S/C17H24N4OS/c1-3-21-16(13-8-4-5-9-14(13)17(22)18-2)19-15(20-21)11-12-7-6-10-23-12/h6-7,10,13-14H,3-5,8-9,11H2,1-2H3,(H,18,22). The number of nitrogens with zero attached hydrogens (tertiary/aromatic N) is 3. The lowest BCUT2D eigenvalue weighted by atomic mass is 9.78. The van der Waals surface area contributed by atoms with Crippen LogP contribution in [0.3, 0.4) is 0 Å². The summed E-state index contributed by atoms with van der Waals surface area (Å²) in [6.45, 7) is 2.88. The quantitative estimate of drug-likeness (QED) is 0.916. The van der Waals surface area contributed by atoms with Crippen LogP contribution in [-0.4, -0.2) is 27.7 Å². The average molecular weight is 332 g/mol. The van der Waals surface area contributed by atoms with Crippen LogP contribution in [0, 0.1) is 5.92 Å². The van der Waals surface area contributed by atoms with Gasteiger partial charge in [-0.15, -0.1) is 11.3 Å². The van der Waals surface area contributed by atoms with Gasteiger partial charge in [-0.25, -0.2) is 9.67 Å². The Bertz CT molecular complexity index is 650. The van der Waals surface area contributed by atoms with E-state index < -0.39 is 0 Å². The summed E-state index contributed by atoms with van der Waals surface area (Å²) in [5.41, 5.74) is 0. The Hall–Kier alpha value is -1.69. The molecule has 1 saturated carbocycles. The highest BCUT2D eigenvalue weighted by atomic mass is 32.1. The second-order valence-corrected chi connectivity index (χ2v) is 7.10. The molecule has 0 saturated heterocycles. The zero-order valence-corrected chi connectivity index (χ0v) is 14.6. The third kappa shape index (κ3) is 3.47. The van der Waals surface area contributed by atoms with Crippen molar-refractivity contribution in [3.8, 4) is 0 Å². The molecule has 0 spiro atoms. The van der Waals surface area contributed by atoms with Gasteiger partial charge in [-0.2, -0.15) is 5.10 Å².